The number of methoxy groups -OCH3 is 1. The average Bonchev–Trinajstić information content (AvgIpc) is 2.08. The second-order valence-corrected chi connectivity index (χ2v) is 2.79. The molecule has 0 atom stereocenters. The van der Waals surface area contributed by atoms with Crippen LogP contribution in [0.25, 0.3) is 0 Å². The second-order valence-electron chi connectivity index (χ2n) is 2.79. The Balaban J connectivity index is 3.05. The molecule has 0 bridgehead atoms. The van der Waals surface area contributed by atoms with Crippen LogP contribution in [0.3, 0.4) is 0 Å². The molecule has 0 aliphatic rings. The van der Waals surface area contributed by atoms with Crippen molar-refractivity contribution in [2.75, 3.05) is 7.11 Å². The van der Waals surface area contributed by atoms with Gasteiger partial charge in [0.05, 0.1) is 12.7 Å². The van der Waals surface area contributed by atoms with E-state index in [0.717, 1.165) is 5.56 Å². The minimum absolute atomic E-state index is 0.280. The third-order valence-corrected chi connectivity index (χ3v) is 1.93. The number of hydrogen-bond donors (Lipinski definition) is 0. The normalized spacial score (nSPS) is 9.50. The number of hydrogen-bond acceptors (Lipinski definition) is 2. The number of carbonyl (C=O) groups is 1. The van der Waals surface area contributed by atoms with Crippen LogP contribution in [0.15, 0.2) is 18.2 Å². The Morgan fingerprint density at radius 3 is 2.67 bits per heavy atom. The van der Waals surface area contributed by atoms with Crippen molar-refractivity contribution in [3.05, 3.63) is 29.3 Å². The highest BCUT2D eigenvalue weighted by molar-refractivity contribution is 6.33. The van der Waals surface area contributed by atoms with Crippen LogP contribution in [0.1, 0.15) is 15.9 Å². The highest BCUT2D eigenvalue weighted by Crippen LogP contribution is 2.02. The van der Waals surface area contributed by atoms with Crippen molar-refractivity contribution in [3.8, 4) is 0 Å². The average molecular weight is 162 g/mol. The van der Waals surface area contributed by atoms with E-state index in [-0.39, 0.29) is 5.97 Å². The van der Waals surface area contributed by atoms with Crippen LogP contribution in [0.4, 0.5) is 0 Å². The maximum Gasteiger partial charge on any atom is 0.337 e. The fourth-order valence-corrected chi connectivity index (χ4v) is 0.986. The van der Waals surface area contributed by atoms with Crippen molar-refractivity contribution in [2.24, 2.45) is 0 Å². The summed E-state index contributed by atoms with van der Waals surface area (Å²) in [4.78, 5) is 11.1. The van der Waals surface area contributed by atoms with Gasteiger partial charge in [0.15, 0.2) is 0 Å². The van der Waals surface area contributed by atoms with Crippen LogP contribution in [-0.4, -0.2) is 20.9 Å². The molecule has 0 aliphatic heterocycles. The lowest BCUT2D eigenvalue weighted by atomic mass is 9.90. The quantitative estimate of drug-likeness (QED) is 0.430. The van der Waals surface area contributed by atoms with Gasteiger partial charge in [0.2, 0.25) is 0 Å². The molecule has 3 heteroatoms. The Kier molecular flexibility index (Phi) is 2.53. The SMILES string of the molecule is Bc1ccc(C(=O)OC)cc1C. The molecule has 62 valence electrons. The van der Waals surface area contributed by atoms with Gasteiger partial charge in [0.1, 0.15) is 7.85 Å². The Morgan fingerprint density at radius 2 is 2.17 bits per heavy atom. The van der Waals surface area contributed by atoms with Crippen molar-refractivity contribution < 1.29 is 9.53 Å². The van der Waals surface area contributed by atoms with Crippen LogP contribution in [0.2, 0.25) is 0 Å². The molecule has 0 amide bonds. The first kappa shape index (κ1) is 8.85. The molecule has 1 aromatic rings. The summed E-state index contributed by atoms with van der Waals surface area (Å²) in [5, 5.41) is 0. The Morgan fingerprint density at radius 1 is 1.50 bits per heavy atom. The van der Waals surface area contributed by atoms with E-state index in [1.54, 1.807) is 6.07 Å². The standard InChI is InChI=1S/C9H11BO2/c1-6-5-7(9(11)12-2)3-4-8(6)10/h3-5H,10H2,1-2H3. The minimum Gasteiger partial charge on any atom is -0.465 e. The van der Waals surface area contributed by atoms with Crippen molar-refractivity contribution in [2.45, 2.75) is 6.92 Å². The topological polar surface area (TPSA) is 26.3 Å². The van der Waals surface area contributed by atoms with Gasteiger partial charge in [-0.2, -0.15) is 0 Å². The number of ether oxygens (including phenoxy) is 1. The zero-order valence-corrected chi connectivity index (χ0v) is 7.55. The van der Waals surface area contributed by atoms with Crippen molar-refractivity contribution in [1.29, 1.82) is 0 Å². The Bertz CT molecular complexity index is 307. The zero-order chi connectivity index (χ0) is 9.14. The molecule has 12 heavy (non-hydrogen) atoms. The monoisotopic (exact) mass is 162 g/mol. The van der Waals surface area contributed by atoms with Gasteiger partial charge in [-0.15, -0.1) is 0 Å². The molecule has 0 fully saturated rings. The minimum atomic E-state index is -0.280. The lowest BCUT2D eigenvalue weighted by Gasteiger charge is -2.02. The summed E-state index contributed by atoms with van der Waals surface area (Å²) in [7, 11) is 3.40. The van der Waals surface area contributed by atoms with Crippen LogP contribution < -0.4 is 5.46 Å². The molecular formula is C9H11BO2. The van der Waals surface area contributed by atoms with E-state index in [0.29, 0.717) is 5.56 Å². The molecule has 0 saturated carbocycles. The maximum atomic E-state index is 11.1. The highest BCUT2D eigenvalue weighted by atomic mass is 16.5. The molecular weight excluding hydrogens is 151 g/mol. The fourth-order valence-electron chi connectivity index (χ4n) is 0.986. The summed E-state index contributed by atoms with van der Waals surface area (Å²) in [6.07, 6.45) is 0. The van der Waals surface area contributed by atoms with Crippen LogP contribution in [-0.2, 0) is 4.74 Å². The molecule has 0 aliphatic carbocycles. The predicted molar refractivity (Wildman–Crippen MR) is 50.7 cm³/mol. The molecule has 0 heterocycles. The molecule has 1 aromatic carbocycles. The number of rotatable bonds is 1. The second kappa shape index (κ2) is 3.43. The van der Waals surface area contributed by atoms with Crippen LogP contribution >= 0.6 is 0 Å². The summed E-state index contributed by atoms with van der Waals surface area (Å²) in [6.45, 7) is 1.97. The molecule has 0 spiro atoms. The van der Waals surface area contributed by atoms with E-state index in [1.807, 2.05) is 26.9 Å². The Labute approximate surface area is 73.0 Å². The number of esters is 1. The van der Waals surface area contributed by atoms with Gasteiger partial charge in [-0.1, -0.05) is 17.1 Å². The van der Waals surface area contributed by atoms with Gasteiger partial charge in [0.25, 0.3) is 0 Å². The summed E-state index contributed by atoms with van der Waals surface area (Å²) in [5.74, 6) is -0.280. The van der Waals surface area contributed by atoms with E-state index in [4.69, 9.17) is 0 Å². The fraction of sp³-hybridized carbons (Fsp3) is 0.222. The third-order valence-electron chi connectivity index (χ3n) is 1.93. The first-order valence-electron chi connectivity index (χ1n) is 3.80. The molecule has 0 aromatic heterocycles. The maximum absolute atomic E-state index is 11.1. The van der Waals surface area contributed by atoms with Gasteiger partial charge in [-0.3, -0.25) is 0 Å². The Hall–Kier alpha value is -1.25. The number of carbonyl (C=O) groups excluding carboxylic acids is 1. The number of aryl methyl sites for hydroxylation is 1. The molecule has 0 unspecified atom stereocenters. The van der Waals surface area contributed by atoms with Crippen LogP contribution in [0, 0.1) is 6.92 Å². The van der Waals surface area contributed by atoms with Crippen molar-refractivity contribution >= 4 is 19.3 Å². The summed E-state index contributed by atoms with van der Waals surface area (Å²) in [6, 6.07) is 5.52. The van der Waals surface area contributed by atoms with E-state index in [9.17, 15) is 4.79 Å². The summed E-state index contributed by atoms with van der Waals surface area (Å²) < 4.78 is 4.59. The zero-order valence-electron chi connectivity index (χ0n) is 7.55. The largest absolute Gasteiger partial charge is 0.465 e. The van der Waals surface area contributed by atoms with E-state index < -0.39 is 0 Å². The van der Waals surface area contributed by atoms with Gasteiger partial charge >= 0.3 is 5.97 Å². The smallest absolute Gasteiger partial charge is 0.337 e. The molecule has 0 saturated heterocycles. The predicted octanol–water partition coefficient (Wildman–Crippen LogP) is 0.0400. The first-order valence-corrected chi connectivity index (χ1v) is 3.80. The lowest BCUT2D eigenvalue weighted by molar-refractivity contribution is 0.0600. The summed E-state index contributed by atoms with van der Waals surface area (Å²) in [5.41, 5.74) is 2.90. The van der Waals surface area contributed by atoms with Gasteiger partial charge in [0, 0.05) is 0 Å². The van der Waals surface area contributed by atoms with E-state index >= 15 is 0 Å². The van der Waals surface area contributed by atoms with Crippen LogP contribution in [0.5, 0.6) is 0 Å². The van der Waals surface area contributed by atoms with Gasteiger partial charge < -0.3 is 4.74 Å². The van der Waals surface area contributed by atoms with Gasteiger partial charge in [-0.05, 0) is 19.1 Å². The van der Waals surface area contributed by atoms with Crippen molar-refractivity contribution in [3.63, 3.8) is 0 Å². The summed E-state index contributed by atoms with van der Waals surface area (Å²) >= 11 is 0. The molecule has 2 nitrogen and oxygen atoms in total. The first-order chi connectivity index (χ1) is 5.65. The lowest BCUT2D eigenvalue weighted by Crippen LogP contribution is -2.10. The van der Waals surface area contributed by atoms with Crippen molar-refractivity contribution in [1.82, 2.24) is 0 Å². The number of benzene rings is 1. The molecule has 0 radical (unpaired) electrons. The molecule has 1 rings (SSSR count). The third kappa shape index (κ3) is 1.67. The highest BCUT2D eigenvalue weighted by Gasteiger charge is 2.04. The van der Waals surface area contributed by atoms with E-state index in [2.05, 4.69) is 4.74 Å². The molecule has 0 N–H and O–H groups in total. The van der Waals surface area contributed by atoms with E-state index in [1.165, 1.54) is 12.6 Å². The van der Waals surface area contributed by atoms with Gasteiger partial charge in [-0.25, -0.2) is 4.79 Å².